The second-order valence-electron chi connectivity index (χ2n) is 6.17. The van der Waals surface area contributed by atoms with E-state index in [0.29, 0.717) is 18.2 Å². The number of carbonyl (C=O) groups excluding carboxylic acids is 1. The summed E-state index contributed by atoms with van der Waals surface area (Å²) in [5, 5.41) is 0. The summed E-state index contributed by atoms with van der Waals surface area (Å²) in [7, 11) is 0. The summed E-state index contributed by atoms with van der Waals surface area (Å²) in [5.41, 5.74) is 5.92. The molecule has 0 radical (unpaired) electrons. The maximum Gasteiger partial charge on any atom is 0.222 e. The third-order valence-electron chi connectivity index (χ3n) is 3.81. The summed E-state index contributed by atoms with van der Waals surface area (Å²) >= 11 is 1.94. The number of nitrogens with two attached hydrogens (primary N) is 1. The minimum absolute atomic E-state index is 0.247. The van der Waals surface area contributed by atoms with Crippen molar-refractivity contribution in [3.05, 3.63) is 0 Å². The zero-order valence-electron chi connectivity index (χ0n) is 12.1. The molecule has 18 heavy (non-hydrogen) atoms. The van der Waals surface area contributed by atoms with Gasteiger partial charge in [-0.15, -0.1) is 0 Å². The van der Waals surface area contributed by atoms with Gasteiger partial charge in [0.2, 0.25) is 5.91 Å². The zero-order chi connectivity index (χ0) is 13.6. The second kappa shape index (κ2) is 7.39. The van der Waals surface area contributed by atoms with Gasteiger partial charge >= 0.3 is 0 Å². The molecule has 0 aromatic carbocycles. The van der Waals surface area contributed by atoms with Crippen molar-refractivity contribution in [3.63, 3.8) is 0 Å². The van der Waals surface area contributed by atoms with Crippen LogP contribution in [-0.4, -0.2) is 41.9 Å². The first-order valence-electron chi connectivity index (χ1n) is 7.00. The standard InChI is InChI=1S/C14H28N2OS/c1-14(2,3)12(6-7-15)4-5-13(17)16-8-10-18-11-9-16/h12H,4-11,15H2,1-3H3. The third kappa shape index (κ3) is 5.19. The third-order valence-corrected chi connectivity index (χ3v) is 4.75. The molecular weight excluding hydrogens is 244 g/mol. The summed E-state index contributed by atoms with van der Waals surface area (Å²) in [5.74, 6) is 3.07. The molecule has 0 aromatic heterocycles. The highest BCUT2D eigenvalue weighted by molar-refractivity contribution is 7.99. The summed E-state index contributed by atoms with van der Waals surface area (Å²) < 4.78 is 0. The van der Waals surface area contributed by atoms with E-state index in [2.05, 4.69) is 20.8 Å². The highest BCUT2D eigenvalue weighted by Gasteiger charge is 2.25. The number of hydrogen-bond donors (Lipinski definition) is 1. The van der Waals surface area contributed by atoms with Crippen LogP contribution in [0.4, 0.5) is 0 Å². The first kappa shape index (κ1) is 15.8. The Morgan fingerprint density at radius 3 is 2.39 bits per heavy atom. The van der Waals surface area contributed by atoms with Crippen molar-refractivity contribution in [1.29, 1.82) is 0 Å². The number of thioether (sulfide) groups is 1. The SMILES string of the molecule is CC(C)(C)C(CCN)CCC(=O)N1CCSCC1. The molecule has 0 bridgehead atoms. The lowest BCUT2D eigenvalue weighted by molar-refractivity contribution is -0.131. The molecule has 1 aliphatic rings. The molecule has 0 aromatic rings. The number of nitrogens with zero attached hydrogens (tertiary/aromatic N) is 1. The molecule has 1 amide bonds. The van der Waals surface area contributed by atoms with Crippen molar-refractivity contribution >= 4 is 17.7 Å². The largest absolute Gasteiger partial charge is 0.341 e. The maximum atomic E-state index is 12.1. The lowest BCUT2D eigenvalue weighted by atomic mass is 9.76. The van der Waals surface area contributed by atoms with Gasteiger partial charge in [-0.05, 0) is 30.7 Å². The summed E-state index contributed by atoms with van der Waals surface area (Å²) in [6, 6.07) is 0. The predicted octanol–water partition coefficient (Wildman–Crippen LogP) is 2.35. The van der Waals surface area contributed by atoms with Gasteiger partial charge in [-0.1, -0.05) is 20.8 Å². The molecule has 1 aliphatic heterocycles. The van der Waals surface area contributed by atoms with Gasteiger partial charge in [-0.2, -0.15) is 11.8 Å². The van der Waals surface area contributed by atoms with E-state index >= 15 is 0 Å². The number of amides is 1. The van der Waals surface area contributed by atoms with Gasteiger partial charge in [0.05, 0.1) is 0 Å². The summed E-state index contributed by atoms with van der Waals surface area (Å²) in [6.07, 6.45) is 2.68. The first-order valence-corrected chi connectivity index (χ1v) is 8.16. The van der Waals surface area contributed by atoms with Crippen LogP contribution in [0.1, 0.15) is 40.0 Å². The molecule has 1 saturated heterocycles. The van der Waals surface area contributed by atoms with E-state index in [0.717, 1.165) is 44.0 Å². The van der Waals surface area contributed by atoms with Crippen LogP contribution in [0.15, 0.2) is 0 Å². The lowest BCUT2D eigenvalue weighted by Gasteiger charge is -2.32. The van der Waals surface area contributed by atoms with Crippen molar-refractivity contribution in [3.8, 4) is 0 Å². The van der Waals surface area contributed by atoms with E-state index in [1.165, 1.54) is 0 Å². The maximum absolute atomic E-state index is 12.1. The van der Waals surface area contributed by atoms with Crippen LogP contribution in [0.2, 0.25) is 0 Å². The van der Waals surface area contributed by atoms with E-state index in [9.17, 15) is 4.79 Å². The normalized spacial score (nSPS) is 18.8. The van der Waals surface area contributed by atoms with Crippen LogP contribution >= 0.6 is 11.8 Å². The van der Waals surface area contributed by atoms with Gasteiger partial charge in [0.1, 0.15) is 0 Å². The Balaban J connectivity index is 2.38. The van der Waals surface area contributed by atoms with Crippen LogP contribution in [0.25, 0.3) is 0 Å². The monoisotopic (exact) mass is 272 g/mol. The predicted molar refractivity (Wildman–Crippen MR) is 79.8 cm³/mol. The smallest absolute Gasteiger partial charge is 0.222 e. The van der Waals surface area contributed by atoms with E-state index in [4.69, 9.17) is 5.73 Å². The van der Waals surface area contributed by atoms with E-state index in [1.807, 2.05) is 16.7 Å². The number of rotatable bonds is 5. The van der Waals surface area contributed by atoms with Crippen molar-refractivity contribution in [1.82, 2.24) is 4.90 Å². The van der Waals surface area contributed by atoms with Crippen LogP contribution in [0.5, 0.6) is 0 Å². The Bertz CT molecular complexity index is 257. The van der Waals surface area contributed by atoms with Crippen molar-refractivity contribution in [2.45, 2.75) is 40.0 Å². The average molecular weight is 272 g/mol. The first-order chi connectivity index (χ1) is 8.45. The number of hydrogen-bond acceptors (Lipinski definition) is 3. The van der Waals surface area contributed by atoms with Crippen molar-refractivity contribution in [2.24, 2.45) is 17.1 Å². The van der Waals surface area contributed by atoms with Crippen LogP contribution < -0.4 is 5.73 Å². The molecule has 1 atom stereocenters. The number of carbonyl (C=O) groups is 1. The Morgan fingerprint density at radius 1 is 1.28 bits per heavy atom. The minimum Gasteiger partial charge on any atom is -0.341 e. The van der Waals surface area contributed by atoms with Crippen molar-refractivity contribution < 1.29 is 4.79 Å². The molecular formula is C14H28N2OS. The average Bonchev–Trinajstić information content (AvgIpc) is 2.33. The highest BCUT2D eigenvalue weighted by atomic mass is 32.2. The second-order valence-corrected chi connectivity index (χ2v) is 7.40. The molecule has 1 unspecified atom stereocenters. The fourth-order valence-corrected chi connectivity index (χ4v) is 3.38. The summed E-state index contributed by atoms with van der Waals surface area (Å²) in [4.78, 5) is 14.1. The molecule has 0 aliphatic carbocycles. The van der Waals surface area contributed by atoms with Gasteiger partial charge < -0.3 is 10.6 Å². The fraction of sp³-hybridized carbons (Fsp3) is 0.929. The Kier molecular flexibility index (Phi) is 6.50. The fourth-order valence-electron chi connectivity index (χ4n) is 2.48. The van der Waals surface area contributed by atoms with Crippen molar-refractivity contribution in [2.75, 3.05) is 31.1 Å². The minimum atomic E-state index is 0.247. The lowest BCUT2D eigenvalue weighted by Crippen LogP contribution is -2.38. The molecule has 1 heterocycles. The molecule has 1 fully saturated rings. The zero-order valence-corrected chi connectivity index (χ0v) is 12.9. The molecule has 3 nitrogen and oxygen atoms in total. The molecule has 1 rings (SSSR count). The molecule has 4 heteroatoms. The quantitative estimate of drug-likeness (QED) is 0.835. The Hall–Kier alpha value is -0.220. The van der Waals surface area contributed by atoms with E-state index in [-0.39, 0.29) is 5.41 Å². The summed E-state index contributed by atoms with van der Waals surface area (Å²) in [6.45, 7) is 9.32. The highest BCUT2D eigenvalue weighted by Crippen LogP contribution is 2.32. The molecule has 0 spiro atoms. The van der Waals surface area contributed by atoms with Gasteiger partial charge in [-0.3, -0.25) is 4.79 Å². The van der Waals surface area contributed by atoms with Gasteiger partial charge in [-0.25, -0.2) is 0 Å². The molecule has 2 N–H and O–H groups in total. The van der Waals surface area contributed by atoms with Gasteiger partial charge in [0.25, 0.3) is 0 Å². The Morgan fingerprint density at radius 2 is 1.89 bits per heavy atom. The van der Waals surface area contributed by atoms with Crippen LogP contribution in [0, 0.1) is 11.3 Å². The van der Waals surface area contributed by atoms with Gasteiger partial charge in [0, 0.05) is 31.0 Å². The van der Waals surface area contributed by atoms with Crippen LogP contribution in [0.3, 0.4) is 0 Å². The van der Waals surface area contributed by atoms with E-state index in [1.54, 1.807) is 0 Å². The van der Waals surface area contributed by atoms with Crippen LogP contribution in [-0.2, 0) is 4.79 Å². The molecule has 0 saturated carbocycles. The topological polar surface area (TPSA) is 46.3 Å². The van der Waals surface area contributed by atoms with E-state index < -0.39 is 0 Å². The molecule has 106 valence electrons. The Labute approximate surface area is 116 Å². The van der Waals surface area contributed by atoms with Gasteiger partial charge in [0.15, 0.2) is 0 Å².